The number of sulfone groups is 1. The third-order valence-electron chi connectivity index (χ3n) is 2.88. The van der Waals surface area contributed by atoms with E-state index in [4.69, 9.17) is 5.26 Å². The van der Waals surface area contributed by atoms with E-state index in [0.717, 1.165) is 0 Å². The zero-order chi connectivity index (χ0) is 12.3. The summed E-state index contributed by atoms with van der Waals surface area (Å²) in [5.74, 6) is 0. The zero-order valence-corrected chi connectivity index (χ0v) is 11.3. The Bertz CT molecular complexity index is 548. The Labute approximate surface area is 113 Å². The predicted octanol–water partition coefficient (Wildman–Crippen LogP) is 0.901. The number of halogens is 1. The number of pyridine rings is 1. The monoisotopic (exact) mass is 287 g/mol. The standard InChI is InChI=1S/C11H13N3O2S.ClH/c12-8-9-1-6-14-11(7-9)17(15,16)10-2-4-13-5-3-10;/h1,6-7,10,13H,2-5H2;1H. The number of piperidine rings is 1. The van der Waals surface area contributed by atoms with Crippen molar-refractivity contribution in [2.75, 3.05) is 13.1 Å². The topological polar surface area (TPSA) is 82.8 Å². The van der Waals surface area contributed by atoms with Gasteiger partial charge in [-0.25, -0.2) is 13.4 Å². The number of nitriles is 1. The maximum absolute atomic E-state index is 12.3. The number of nitrogens with zero attached hydrogens (tertiary/aromatic N) is 2. The summed E-state index contributed by atoms with van der Waals surface area (Å²) in [6, 6.07) is 4.77. The summed E-state index contributed by atoms with van der Waals surface area (Å²) in [6.45, 7) is 1.42. The van der Waals surface area contributed by atoms with E-state index < -0.39 is 9.84 Å². The Morgan fingerprint density at radius 2 is 2.06 bits per heavy atom. The summed E-state index contributed by atoms with van der Waals surface area (Å²) in [5.41, 5.74) is 0.326. The second kappa shape index (κ2) is 6.14. The molecule has 1 aromatic rings. The predicted molar refractivity (Wildman–Crippen MR) is 69.3 cm³/mol. The fraction of sp³-hybridized carbons (Fsp3) is 0.455. The van der Waals surface area contributed by atoms with Crippen LogP contribution in [0.25, 0.3) is 0 Å². The lowest BCUT2D eigenvalue weighted by molar-refractivity contribution is 0.494. The van der Waals surface area contributed by atoms with Gasteiger partial charge in [-0.15, -0.1) is 12.4 Å². The van der Waals surface area contributed by atoms with Gasteiger partial charge in [0.25, 0.3) is 0 Å². The molecule has 0 radical (unpaired) electrons. The van der Waals surface area contributed by atoms with E-state index >= 15 is 0 Å². The molecule has 0 amide bonds. The molecule has 1 fully saturated rings. The minimum atomic E-state index is -3.40. The van der Waals surface area contributed by atoms with Crippen molar-refractivity contribution in [2.45, 2.75) is 23.1 Å². The molecule has 0 spiro atoms. The highest BCUT2D eigenvalue weighted by atomic mass is 35.5. The highest BCUT2D eigenvalue weighted by Gasteiger charge is 2.29. The van der Waals surface area contributed by atoms with Gasteiger partial charge in [0.1, 0.15) is 0 Å². The maximum atomic E-state index is 12.3. The van der Waals surface area contributed by atoms with Crippen molar-refractivity contribution in [3.05, 3.63) is 23.9 Å². The summed E-state index contributed by atoms with van der Waals surface area (Å²) in [6.07, 6.45) is 2.56. The van der Waals surface area contributed by atoms with Crippen LogP contribution in [0.1, 0.15) is 18.4 Å². The quantitative estimate of drug-likeness (QED) is 0.874. The average molecular weight is 288 g/mol. The molecule has 0 saturated carbocycles. The number of aromatic nitrogens is 1. The van der Waals surface area contributed by atoms with E-state index in [9.17, 15) is 8.42 Å². The Morgan fingerprint density at radius 3 is 2.67 bits per heavy atom. The van der Waals surface area contributed by atoms with Gasteiger partial charge in [0.05, 0.1) is 16.9 Å². The molecular formula is C11H14ClN3O2S. The largest absolute Gasteiger partial charge is 0.317 e. The molecule has 2 heterocycles. The Morgan fingerprint density at radius 1 is 1.39 bits per heavy atom. The smallest absolute Gasteiger partial charge is 0.198 e. The van der Waals surface area contributed by atoms with Crippen LogP contribution in [0.2, 0.25) is 0 Å². The SMILES string of the molecule is Cl.N#Cc1ccnc(S(=O)(=O)C2CCNCC2)c1. The Hall–Kier alpha value is -1.16. The molecule has 7 heteroatoms. The van der Waals surface area contributed by atoms with Gasteiger partial charge in [-0.2, -0.15) is 5.26 Å². The minimum Gasteiger partial charge on any atom is -0.317 e. The summed E-state index contributed by atoms with van der Waals surface area (Å²) in [5, 5.41) is 11.5. The van der Waals surface area contributed by atoms with Crippen molar-refractivity contribution < 1.29 is 8.42 Å². The molecule has 1 N–H and O–H groups in total. The van der Waals surface area contributed by atoms with Crippen LogP contribution >= 0.6 is 12.4 Å². The van der Waals surface area contributed by atoms with Crippen LogP contribution in [0, 0.1) is 11.3 Å². The molecule has 2 rings (SSSR count). The second-order valence-electron chi connectivity index (χ2n) is 3.99. The Kier molecular flexibility index (Phi) is 5.08. The highest BCUT2D eigenvalue weighted by molar-refractivity contribution is 7.92. The first kappa shape index (κ1) is 14.9. The third kappa shape index (κ3) is 2.99. The van der Waals surface area contributed by atoms with Crippen LogP contribution < -0.4 is 5.32 Å². The van der Waals surface area contributed by atoms with Crippen LogP contribution in [-0.4, -0.2) is 31.7 Å². The van der Waals surface area contributed by atoms with Crippen LogP contribution in [-0.2, 0) is 9.84 Å². The molecule has 0 atom stereocenters. The van der Waals surface area contributed by atoms with E-state index in [1.807, 2.05) is 6.07 Å². The summed E-state index contributed by atoms with van der Waals surface area (Å²) >= 11 is 0. The fourth-order valence-electron chi connectivity index (χ4n) is 1.91. The van der Waals surface area contributed by atoms with E-state index in [1.54, 1.807) is 0 Å². The fourth-order valence-corrected chi connectivity index (χ4v) is 3.61. The van der Waals surface area contributed by atoms with Crippen molar-refractivity contribution in [3.63, 3.8) is 0 Å². The minimum absolute atomic E-state index is 0. The molecule has 1 aromatic heterocycles. The lowest BCUT2D eigenvalue weighted by Crippen LogP contribution is -2.36. The summed E-state index contributed by atoms with van der Waals surface area (Å²) in [4.78, 5) is 3.87. The van der Waals surface area contributed by atoms with Gasteiger partial charge in [-0.1, -0.05) is 0 Å². The zero-order valence-electron chi connectivity index (χ0n) is 9.67. The lowest BCUT2D eigenvalue weighted by Gasteiger charge is -2.22. The first-order chi connectivity index (χ1) is 8.14. The molecule has 1 aliphatic heterocycles. The van der Waals surface area contributed by atoms with E-state index in [-0.39, 0.29) is 22.7 Å². The van der Waals surface area contributed by atoms with Crippen molar-refractivity contribution >= 4 is 22.2 Å². The summed E-state index contributed by atoms with van der Waals surface area (Å²) in [7, 11) is -3.40. The van der Waals surface area contributed by atoms with Gasteiger partial charge in [0.15, 0.2) is 14.9 Å². The van der Waals surface area contributed by atoms with Gasteiger partial charge in [0, 0.05) is 6.20 Å². The van der Waals surface area contributed by atoms with Crippen molar-refractivity contribution in [1.82, 2.24) is 10.3 Å². The molecule has 0 aromatic carbocycles. The molecule has 0 aliphatic carbocycles. The van der Waals surface area contributed by atoms with E-state index in [0.29, 0.717) is 31.5 Å². The number of nitrogens with one attached hydrogen (secondary N) is 1. The molecule has 1 aliphatic rings. The lowest BCUT2D eigenvalue weighted by atomic mass is 10.2. The van der Waals surface area contributed by atoms with Crippen molar-refractivity contribution in [2.24, 2.45) is 0 Å². The van der Waals surface area contributed by atoms with E-state index in [2.05, 4.69) is 10.3 Å². The molecular weight excluding hydrogens is 274 g/mol. The second-order valence-corrected chi connectivity index (χ2v) is 6.16. The Balaban J connectivity index is 0.00000162. The first-order valence-corrected chi connectivity index (χ1v) is 7.00. The third-order valence-corrected chi connectivity index (χ3v) is 5.04. The summed E-state index contributed by atoms with van der Waals surface area (Å²) < 4.78 is 24.5. The molecule has 98 valence electrons. The molecule has 0 unspecified atom stereocenters. The van der Waals surface area contributed by atoms with Crippen LogP contribution in [0.5, 0.6) is 0 Å². The number of hydrogen-bond acceptors (Lipinski definition) is 5. The van der Waals surface area contributed by atoms with Crippen molar-refractivity contribution in [1.29, 1.82) is 5.26 Å². The van der Waals surface area contributed by atoms with Gasteiger partial charge in [-0.05, 0) is 38.1 Å². The normalized spacial score (nSPS) is 16.6. The number of hydrogen-bond donors (Lipinski definition) is 1. The van der Waals surface area contributed by atoms with Crippen LogP contribution in [0.3, 0.4) is 0 Å². The van der Waals surface area contributed by atoms with Crippen LogP contribution in [0.4, 0.5) is 0 Å². The van der Waals surface area contributed by atoms with Crippen LogP contribution in [0.15, 0.2) is 23.4 Å². The maximum Gasteiger partial charge on any atom is 0.198 e. The highest BCUT2D eigenvalue weighted by Crippen LogP contribution is 2.21. The molecule has 5 nitrogen and oxygen atoms in total. The van der Waals surface area contributed by atoms with Gasteiger partial charge >= 0.3 is 0 Å². The molecule has 0 bridgehead atoms. The molecule has 18 heavy (non-hydrogen) atoms. The van der Waals surface area contributed by atoms with Gasteiger partial charge in [-0.3, -0.25) is 0 Å². The van der Waals surface area contributed by atoms with E-state index in [1.165, 1.54) is 18.3 Å². The average Bonchev–Trinajstić information content (AvgIpc) is 2.40. The van der Waals surface area contributed by atoms with Crippen molar-refractivity contribution in [3.8, 4) is 6.07 Å². The number of rotatable bonds is 2. The first-order valence-electron chi connectivity index (χ1n) is 5.45. The van der Waals surface area contributed by atoms with Gasteiger partial charge in [0.2, 0.25) is 0 Å². The molecule has 1 saturated heterocycles. The van der Waals surface area contributed by atoms with Gasteiger partial charge < -0.3 is 5.32 Å².